The van der Waals surface area contributed by atoms with Crippen molar-refractivity contribution in [1.82, 2.24) is 10.4 Å². The number of hydrogen-bond donors (Lipinski definition) is 2. The number of nitrogens with one attached hydrogen (secondary N) is 1. The van der Waals surface area contributed by atoms with E-state index in [-0.39, 0.29) is 5.91 Å². The van der Waals surface area contributed by atoms with Crippen LogP contribution in [0, 0.1) is 13.8 Å². The second kappa shape index (κ2) is 4.43. The molecule has 5 heteroatoms. The highest BCUT2D eigenvalue weighted by Gasteiger charge is 2.11. The fraction of sp³-hybridized carbons (Fsp3) is 0.167. The predicted octanol–water partition coefficient (Wildman–Crippen LogP) is 2.22. The molecule has 0 saturated carbocycles. The van der Waals surface area contributed by atoms with Crippen LogP contribution in [0.4, 0.5) is 0 Å². The highest BCUT2D eigenvalue weighted by molar-refractivity contribution is 9.10. The number of carbonyl (C=O) groups excluding carboxylic acids is 1. The number of pyridine rings is 1. The van der Waals surface area contributed by atoms with Gasteiger partial charge in [0.05, 0.1) is 16.8 Å². The Morgan fingerprint density at radius 3 is 2.71 bits per heavy atom. The normalized spacial score (nSPS) is 10.6. The van der Waals surface area contributed by atoms with Crippen molar-refractivity contribution in [2.45, 2.75) is 13.8 Å². The van der Waals surface area contributed by atoms with Crippen molar-refractivity contribution in [3.05, 3.63) is 39.5 Å². The molecule has 2 aromatic rings. The maximum Gasteiger partial charge on any atom is 0.267 e. The second-order valence-corrected chi connectivity index (χ2v) is 4.80. The first-order valence-electron chi connectivity index (χ1n) is 5.11. The van der Waals surface area contributed by atoms with E-state index in [9.17, 15) is 4.79 Å². The van der Waals surface area contributed by atoms with E-state index in [1.165, 1.54) is 0 Å². The molecule has 0 aliphatic heterocycles. The van der Waals surface area contributed by atoms with Crippen LogP contribution in [0.2, 0.25) is 0 Å². The van der Waals surface area contributed by atoms with Gasteiger partial charge in [-0.1, -0.05) is 15.9 Å². The van der Waals surface area contributed by atoms with Gasteiger partial charge in [-0.2, -0.15) is 0 Å². The van der Waals surface area contributed by atoms with Gasteiger partial charge in [0.2, 0.25) is 0 Å². The van der Waals surface area contributed by atoms with E-state index in [1.807, 2.05) is 19.1 Å². The third kappa shape index (κ3) is 2.16. The van der Waals surface area contributed by atoms with Crippen LogP contribution in [-0.4, -0.2) is 10.9 Å². The summed E-state index contributed by atoms with van der Waals surface area (Å²) in [6, 6.07) is 5.73. The van der Waals surface area contributed by atoms with E-state index in [0.717, 1.165) is 20.9 Å². The SMILES string of the molecule is Cc1nc2c(C)cc(Br)cc2cc1C(=O)NN. The van der Waals surface area contributed by atoms with Crippen LogP contribution in [0.25, 0.3) is 10.9 Å². The van der Waals surface area contributed by atoms with Crippen molar-refractivity contribution in [3.8, 4) is 0 Å². The van der Waals surface area contributed by atoms with Gasteiger partial charge in [-0.3, -0.25) is 15.2 Å². The van der Waals surface area contributed by atoms with Crippen molar-refractivity contribution in [2.24, 2.45) is 5.84 Å². The summed E-state index contributed by atoms with van der Waals surface area (Å²) in [5, 5.41) is 0.918. The molecule has 0 aliphatic rings. The molecule has 1 heterocycles. The Morgan fingerprint density at radius 2 is 2.06 bits per heavy atom. The average molecular weight is 294 g/mol. The van der Waals surface area contributed by atoms with Crippen LogP contribution in [0.3, 0.4) is 0 Å². The maximum absolute atomic E-state index is 11.6. The minimum atomic E-state index is -0.325. The molecule has 0 fully saturated rings. The lowest BCUT2D eigenvalue weighted by atomic mass is 10.1. The molecular formula is C12H12BrN3O. The number of halogens is 1. The minimum Gasteiger partial charge on any atom is -0.290 e. The van der Waals surface area contributed by atoms with Crippen molar-refractivity contribution < 1.29 is 4.79 Å². The zero-order valence-corrected chi connectivity index (χ0v) is 11.1. The lowest BCUT2D eigenvalue weighted by Crippen LogP contribution is -2.30. The summed E-state index contributed by atoms with van der Waals surface area (Å²) in [6.07, 6.45) is 0. The van der Waals surface area contributed by atoms with E-state index in [4.69, 9.17) is 5.84 Å². The predicted molar refractivity (Wildman–Crippen MR) is 70.6 cm³/mol. The van der Waals surface area contributed by atoms with Gasteiger partial charge >= 0.3 is 0 Å². The zero-order valence-electron chi connectivity index (χ0n) is 9.54. The molecule has 0 unspecified atom stereocenters. The summed E-state index contributed by atoms with van der Waals surface area (Å²) in [6.45, 7) is 3.79. The molecule has 1 aromatic heterocycles. The lowest BCUT2D eigenvalue weighted by molar-refractivity contribution is 0.0953. The monoisotopic (exact) mass is 293 g/mol. The number of benzene rings is 1. The highest BCUT2D eigenvalue weighted by Crippen LogP contribution is 2.24. The molecular weight excluding hydrogens is 282 g/mol. The Kier molecular flexibility index (Phi) is 3.13. The van der Waals surface area contributed by atoms with Gasteiger partial charge in [-0.05, 0) is 37.6 Å². The lowest BCUT2D eigenvalue weighted by Gasteiger charge is -2.08. The number of fused-ring (bicyclic) bond motifs is 1. The first-order chi connectivity index (χ1) is 8.02. The smallest absolute Gasteiger partial charge is 0.267 e. The van der Waals surface area contributed by atoms with E-state index in [1.54, 1.807) is 13.0 Å². The summed E-state index contributed by atoms with van der Waals surface area (Å²) < 4.78 is 0.965. The van der Waals surface area contributed by atoms with Gasteiger partial charge in [-0.15, -0.1) is 0 Å². The van der Waals surface area contributed by atoms with Gasteiger partial charge in [-0.25, -0.2) is 5.84 Å². The molecule has 0 spiro atoms. The average Bonchev–Trinajstić information content (AvgIpc) is 2.28. The molecule has 2 rings (SSSR count). The summed E-state index contributed by atoms with van der Waals surface area (Å²) >= 11 is 3.43. The molecule has 1 amide bonds. The Hall–Kier alpha value is -1.46. The van der Waals surface area contributed by atoms with Crippen LogP contribution in [0.15, 0.2) is 22.7 Å². The summed E-state index contributed by atoms with van der Waals surface area (Å²) in [4.78, 5) is 16.0. The summed E-state index contributed by atoms with van der Waals surface area (Å²) in [5.41, 5.74) is 5.26. The van der Waals surface area contributed by atoms with Gasteiger partial charge in [0.1, 0.15) is 0 Å². The number of aromatic nitrogens is 1. The Balaban J connectivity index is 2.76. The molecule has 0 atom stereocenters. The van der Waals surface area contributed by atoms with Crippen molar-refractivity contribution in [1.29, 1.82) is 0 Å². The number of nitrogens with zero attached hydrogens (tertiary/aromatic N) is 1. The first kappa shape index (κ1) is 12.0. The summed E-state index contributed by atoms with van der Waals surface area (Å²) in [5.74, 6) is 4.82. The van der Waals surface area contributed by atoms with Crippen LogP contribution in [0.1, 0.15) is 21.6 Å². The Bertz CT molecular complexity index is 610. The van der Waals surface area contributed by atoms with Gasteiger partial charge in [0.15, 0.2) is 0 Å². The second-order valence-electron chi connectivity index (χ2n) is 3.89. The first-order valence-corrected chi connectivity index (χ1v) is 5.90. The zero-order chi connectivity index (χ0) is 12.6. The summed E-state index contributed by atoms with van der Waals surface area (Å²) in [7, 11) is 0. The largest absolute Gasteiger partial charge is 0.290 e. The van der Waals surface area contributed by atoms with E-state index in [2.05, 4.69) is 26.3 Å². The molecule has 1 aromatic carbocycles. The Labute approximate surface area is 107 Å². The van der Waals surface area contributed by atoms with E-state index in [0.29, 0.717) is 11.3 Å². The molecule has 0 radical (unpaired) electrons. The van der Waals surface area contributed by atoms with Crippen molar-refractivity contribution in [2.75, 3.05) is 0 Å². The van der Waals surface area contributed by atoms with E-state index >= 15 is 0 Å². The minimum absolute atomic E-state index is 0.325. The molecule has 0 bridgehead atoms. The topological polar surface area (TPSA) is 68.0 Å². The highest BCUT2D eigenvalue weighted by atomic mass is 79.9. The number of hydrogen-bond acceptors (Lipinski definition) is 3. The van der Waals surface area contributed by atoms with Crippen LogP contribution in [0.5, 0.6) is 0 Å². The molecule has 88 valence electrons. The fourth-order valence-electron chi connectivity index (χ4n) is 1.82. The molecule has 17 heavy (non-hydrogen) atoms. The Morgan fingerprint density at radius 1 is 1.35 bits per heavy atom. The van der Waals surface area contributed by atoms with Crippen LogP contribution in [-0.2, 0) is 0 Å². The van der Waals surface area contributed by atoms with Gasteiger partial charge in [0, 0.05) is 9.86 Å². The van der Waals surface area contributed by atoms with E-state index < -0.39 is 0 Å². The fourth-order valence-corrected chi connectivity index (χ4v) is 2.41. The number of nitrogens with two attached hydrogens (primary N) is 1. The number of rotatable bonds is 1. The van der Waals surface area contributed by atoms with Gasteiger partial charge < -0.3 is 0 Å². The number of nitrogen functional groups attached to an aromatic ring is 1. The third-order valence-corrected chi connectivity index (χ3v) is 3.10. The third-order valence-electron chi connectivity index (χ3n) is 2.64. The molecule has 3 N–H and O–H groups in total. The molecule has 0 aliphatic carbocycles. The molecule has 4 nitrogen and oxygen atoms in total. The van der Waals surface area contributed by atoms with Crippen molar-refractivity contribution in [3.63, 3.8) is 0 Å². The number of hydrazine groups is 1. The quantitative estimate of drug-likeness (QED) is 0.481. The molecule has 0 saturated heterocycles. The number of amides is 1. The maximum atomic E-state index is 11.6. The van der Waals surface area contributed by atoms with Gasteiger partial charge in [0.25, 0.3) is 5.91 Å². The number of aryl methyl sites for hydroxylation is 2. The van der Waals surface area contributed by atoms with Crippen LogP contribution < -0.4 is 11.3 Å². The number of carbonyl (C=O) groups is 1. The standard InChI is InChI=1S/C12H12BrN3O/c1-6-3-9(13)4-8-5-10(12(17)16-14)7(2)15-11(6)8/h3-5H,14H2,1-2H3,(H,16,17). The van der Waals surface area contributed by atoms with Crippen LogP contribution >= 0.6 is 15.9 Å². The van der Waals surface area contributed by atoms with Crippen molar-refractivity contribution >= 4 is 32.7 Å².